The fourth-order valence-electron chi connectivity index (χ4n) is 3.53. The molecule has 1 aliphatic heterocycles. The molecular formula is C16H23N3O4S2. The van der Waals surface area contributed by atoms with Crippen LogP contribution in [0.4, 0.5) is 0 Å². The van der Waals surface area contributed by atoms with Crippen LogP contribution in [0.5, 0.6) is 0 Å². The summed E-state index contributed by atoms with van der Waals surface area (Å²) in [5, 5.41) is 3.93. The molecule has 0 aromatic carbocycles. The van der Waals surface area contributed by atoms with E-state index >= 15 is 0 Å². The van der Waals surface area contributed by atoms with Gasteiger partial charge in [0.05, 0.1) is 9.77 Å². The Hall–Kier alpha value is -1.45. The largest absolute Gasteiger partial charge is 0.354 e. The first-order valence-corrected chi connectivity index (χ1v) is 10.9. The zero-order chi connectivity index (χ0) is 18.0. The average Bonchev–Trinajstić information content (AvgIpc) is 3.32. The second kappa shape index (κ2) is 7.43. The van der Waals surface area contributed by atoms with E-state index in [0.717, 1.165) is 37.0 Å². The van der Waals surface area contributed by atoms with Gasteiger partial charge in [-0.15, -0.1) is 11.3 Å². The minimum absolute atomic E-state index is 0.0000726. The molecule has 1 saturated heterocycles. The number of thiophene rings is 1. The SMILES string of the molecule is CNC(=O)c1cc(S(=O)(=O)NC[C@@H]2CC(=O)N(C3CCCC3)C2)cs1. The van der Waals surface area contributed by atoms with Gasteiger partial charge < -0.3 is 10.2 Å². The first-order valence-electron chi connectivity index (χ1n) is 8.50. The van der Waals surface area contributed by atoms with Gasteiger partial charge in [0, 0.05) is 38.0 Å². The smallest absolute Gasteiger partial charge is 0.261 e. The molecule has 9 heteroatoms. The van der Waals surface area contributed by atoms with Gasteiger partial charge in [-0.3, -0.25) is 9.59 Å². The summed E-state index contributed by atoms with van der Waals surface area (Å²) >= 11 is 1.09. The summed E-state index contributed by atoms with van der Waals surface area (Å²) in [6, 6.07) is 1.71. The molecule has 138 valence electrons. The molecule has 1 atom stereocenters. The fourth-order valence-corrected chi connectivity index (χ4v) is 5.86. The highest BCUT2D eigenvalue weighted by Crippen LogP contribution is 2.29. The van der Waals surface area contributed by atoms with Crippen molar-refractivity contribution in [1.29, 1.82) is 0 Å². The number of carbonyl (C=O) groups excluding carboxylic acids is 2. The molecule has 2 aliphatic rings. The van der Waals surface area contributed by atoms with Gasteiger partial charge in [0.2, 0.25) is 15.9 Å². The summed E-state index contributed by atoms with van der Waals surface area (Å²) in [6.45, 7) is 0.863. The second-order valence-electron chi connectivity index (χ2n) is 6.63. The molecule has 2 N–H and O–H groups in total. The number of nitrogens with one attached hydrogen (secondary N) is 2. The minimum Gasteiger partial charge on any atom is -0.354 e. The Bertz CT molecular complexity index is 753. The molecule has 1 aliphatic carbocycles. The predicted octanol–water partition coefficient (Wildman–Crippen LogP) is 1.18. The quantitative estimate of drug-likeness (QED) is 0.769. The van der Waals surface area contributed by atoms with Gasteiger partial charge in [0.25, 0.3) is 5.91 Å². The van der Waals surface area contributed by atoms with Crippen molar-refractivity contribution in [2.75, 3.05) is 20.1 Å². The number of hydrogen-bond acceptors (Lipinski definition) is 5. The van der Waals surface area contributed by atoms with Gasteiger partial charge in [-0.1, -0.05) is 12.8 Å². The molecule has 3 rings (SSSR count). The third kappa shape index (κ3) is 4.04. The molecule has 0 spiro atoms. The molecule has 7 nitrogen and oxygen atoms in total. The second-order valence-corrected chi connectivity index (χ2v) is 9.31. The van der Waals surface area contributed by atoms with Crippen LogP contribution in [0.3, 0.4) is 0 Å². The Morgan fingerprint density at radius 2 is 2.08 bits per heavy atom. The maximum absolute atomic E-state index is 12.4. The summed E-state index contributed by atoms with van der Waals surface area (Å²) in [5.41, 5.74) is 0. The highest BCUT2D eigenvalue weighted by atomic mass is 32.2. The maximum Gasteiger partial charge on any atom is 0.261 e. The summed E-state index contributed by atoms with van der Waals surface area (Å²) in [6.07, 6.45) is 4.84. The molecule has 1 saturated carbocycles. The highest BCUT2D eigenvalue weighted by molar-refractivity contribution is 7.89. The molecule has 2 fully saturated rings. The lowest BCUT2D eigenvalue weighted by atomic mass is 10.1. The molecule has 0 radical (unpaired) electrons. The van der Waals surface area contributed by atoms with Crippen molar-refractivity contribution in [3.8, 4) is 0 Å². The Balaban J connectivity index is 1.58. The zero-order valence-electron chi connectivity index (χ0n) is 14.2. The van der Waals surface area contributed by atoms with Crippen LogP contribution in [0.15, 0.2) is 16.3 Å². The first kappa shape index (κ1) is 18.3. The van der Waals surface area contributed by atoms with Crippen LogP contribution in [0.1, 0.15) is 41.8 Å². The van der Waals surface area contributed by atoms with Crippen LogP contribution >= 0.6 is 11.3 Å². The Morgan fingerprint density at radius 3 is 2.76 bits per heavy atom. The van der Waals surface area contributed by atoms with E-state index in [-0.39, 0.29) is 29.2 Å². The summed E-state index contributed by atoms with van der Waals surface area (Å²) in [7, 11) is -2.17. The zero-order valence-corrected chi connectivity index (χ0v) is 15.8. The minimum atomic E-state index is -3.67. The van der Waals surface area contributed by atoms with Crippen LogP contribution in [-0.2, 0) is 14.8 Å². The molecule has 1 aromatic rings. The third-order valence-corrected chi connectivity index (χ3v) is 7.38. The van der Waals surface area contributed by atoms with Crippen molar-refractivity contribution in [1.82, 2.24) is 14.9 Å². The number of rotatable bonds is 6. The monoisotopic (exact) mass is 385 g/mol. The third-order valence-electron chi connectivity index (χ3n) is 4.90. The normalized spacial score (nSPS) is 21.9. The Labute approximate surface area is 151 Å². The van der Waals surface area contributed by atoms with Crippen molar-refractivity contribution < 1.29 is 18.0 Å². The van der Waals surface area contributed by atoms with E-state index in [1.807, 2.05) is 4.90 Å². The van der Waals surface area contributed by atoms with Crippen molar-refractivity contribution in [2.24, 2.45) is 5.92 Å². The standard InChI is InChI=1S/C16H23N3O4S2/c1-17-16(21)14-7-13(10-24-14)25(22,23)18-8-11-6-15(20)19(9-11)12-4-2-3-5-12/h7,10-12,18H,2-6,8-9H2,1H3,(H,17,21)/t11-/m0/s1. The number of likely N-dealkylation sites (tertiary alicyclic amines) is 1. The summed E-state index contributed by atoms with van der Waals surface area (Å²) < 4.78 is 27.4. The Morgan fingerprint density at radius 1 is 1.36 bits per heavy atom. The molecule has 2 amide bonds. The topological polar surface area (TPSA) is 95.6 Å². The van der Waals surface area contributed by atoms with Gasteiger partial charge >= 0.3 is 0 Å². The van der Waals surface area contributed by atoms with Gasteiger partial charge in [-0.2, -0.15) is 0 Å². The number of carbonyl (C=O) groups is 2. The highest BCUT2D eigenvalue weighted by Gasteiger charge is 2.35. The van der Waals surface area contributed by atoms with E-state index in [1.165, 1.54) is 18.5 Å². The van der Waals surface area contributed by atoms with E-state index in [1.54, 1.807) is 0 Å². The maximum atomic E-state index is 12.4. The van der Waals surface area contributed by atoms with E-state index in [0.29, 0.717) is 23.9 Å². The van der Waals surface area contributed by atoms with Gasteiger partial charge in [-0.05, 0) is 24.8 Å². The van der Waals surface area contributed by atoms with Crippen molar-refractivity contribution in [3.63, 3.8) is 0 Å². The van der Waals surface area contributed by atoms with Crippen LogP contribution in [0.25, 0.3) is 0 Å². The van der Waals surface area contributed by atoms with Crippen molar-refractivity contribution in [2.45, 2.75) is 43.0 Å². The van der Waals surface area contributed by atoms with E-state index in [4.69, 9.17) is 0 Å². The lowest BCUT2D eigenvalue weighted by Crippen LogP contribution is -2.36. The predicted molar refractivity (Wildman–Crippen MR) is 95.0 cm³/mol. The van der Waals surface area contributed by atoms with Gasteiger partial charge in [0.1, 0.15) is 0 Å². The number of sulfonamides is 1. The van der Waals surface area contributed by atoms with E-state index in [2.05, 4.69) is 10.0 Å². The van der Waals surface area contributed by atoms with Gasteiger partial charge in [0.15, 0.2) is 0 Å². The lowest BCUT2D eigenvalue weighted by molar-refractivity contribution is -0.129. The number of nitrogens with zero attached hydrogens (tertiary/aromatic N) is 1. The molecular weight excluding hydrogens is 362 g/mol. The average molecular weight is 386 g/mol. The van der Waals surface area contributed by atoms with Crippen LogP contribution in [0, 0.1) is 5.92 Å². The van der Waals surface area contributed by atoms with E-state index in [9.17, 15) is 18.0 Å². The van der Waals surface area contributed by atoms with Crippen LogP contribution in [0.2, 0.25) is 0 Å². The molecule has 2 heterocycles. The van der Waals surface area contributed by atoms with Crippen LogP contribution < -0.4 is 10.0 Å². The molecule has 0 bridgehead atoms. The van der Waals surface area contributed by atoms with Crippen molar-refractivity contribution in [3.05, 3.63) is 16.3 Å². The van der Waals surface area contributed by atoms with E-state index < -0.39 is 10.0 Å². The Kier molecular flexibility index (Phi) is 5.45. The van der Waals surface area contributed by atoms with Gasteiger partial charge in [-0.25, -0.2) is 13.1 Å². The van der Waals surface area contributed by atoms with Crippen LogP contribution in [-0.4, -0.2) is 51.3 Å². The molecule has 1 aromatic heterocycles. The fraction of sp³-hybridized carbons (Fsp3) is 0.625. The molecule has 25 heavy (non-hydrogen) atoms. The van der Waals surface area contributed by atoms with Crippen molar-refractivity contribution >= 4 is 33.2 Å². The summed E-state index contributed by atoms with van der Waals surface area (Å²) in [5.74, 6) is -0.173. The first-order chi connectivity index (χ1) is 11.9. The summed E-state index contributed by atoms with van der Waals surface area (Å²) in [4.78, 5) is 26.1. The number of hydrogen-bond donors (Lipinski definition) is 2. The number of amides is 2. The molecule has 0 unspecified atom stereocenters. The lowest BCUT2D eigenvalue weighted by Gasteiger charge is -2.24.